The van der Waals surface area contributed by atoms with E-state index in [9.17, 15) is 4.79 Å². The van der Waals surface area contributed by atoms with E-state index in [1.807, 2.05) is 30.3 Å². The van der Waals surface area contributed by atoms with Crippen molar-refractivity contribution in [3.05, 3.63) is 74.6 Å². The molecule has 0 atom stereocenters. The molecule has 0 saturated carbocycles. The van der Waals surface area contributed by atoms with E-state index in [-0.39, 0.29) is 11.6 Å². The molecule has 0 saturated heterocycles. The monoisotopic (exact) mass is 397 g/mol. The first kappa shape index (κ1) is 18.2. The molecule has 4 aromatic rings. The maximum absolute atomic E-state index is 12.3. The molecule has 138 valence electrons. The molecular weight excluding hydrogens is 378 g/mol. The Kier molecular flexibility index (Phi) is 5.00. The summed E-state index contributed by atoms with van der Waals surface area (Å²) in [6, 6.07) is 15.9. The summed E-state index contributed by atoms with van der Waals surface area (Å²) in [5.74, 6) is 0.671. The number of H-pyrrole nitrogens is 1. The molecule has 0 aliphatic carbocycles. The smallest absolute Gasteiger partial charge is 0.258 e. The first-order chi connectivity index (χ1) is 13.0. The van der Waals surface area contributed by atoms with Gasteiger partial charge in [-0.25, -0.2) is 4.98 Å². The Labute approximate surface area is 166 Å². The lowest BCUT2D eigenvalue weighted by atomic mass is 10.2. The Bertz CT molecular complexity index is 1160. The molecule has 27 heavy (non-hydrogen) atoms. The van der Waals surface area contributed by atoms with E-state index in [1.54, 1.807) is 17.4 Å². The molecular formula is C21H20ClN3OS. The highest BCUT2D eigenvalue weighted by molar-refractivity contribution is 7.19. The quantitative estimate of drug-likeness (QED) is 0.503. The van der Waals surface area contributed by atoms with Gasteiger partial charge in [-0.2, -0.15) is 0 Å². The van der Waals surface area contributed by atoms with E-state index in [0.29, 0.717) is 24.3 Å². The molecule has 0 unspecified atom stereocenters. The van der Waals surface area contributed by atoms with Crippen molar-refractivity contribution in [2.24, 2.45) is 0 Å². The number of hydrogen-bond donors (Lipinski definition) is 1. The van der Waals surface area contributed by atoms with E-state index in [4.69, 9.17) is 11.6 Å². The van der Waals surface area contributed by atoms with Gasteiger partial charge in [0.25, 0.3) is 5.56 Å². The summed E-state index contributed by atoms with van der Waals surface area (Å²) in [7, 11) is 0. The second-order valence-corrected chi connectivity index (χ2v) is 8.38. The van der Waals surface area contributed by atoms with E-state index in [0.717, 1.165) is 20.8 Å². The van der Waals surface area contributed by atoms with Gasteiger partial charge in [-0.1, -0.05) is 41.9 Å². The second kappa shape index (κ2) is 7.43. The summed E-state index contributed by atoms with van der Waals surface area (Å²) in [6.07, 6.45) is 0. The van der Waals surface area contributed by atoms with Crippen LogP contribution in [-0.4, -0.2) is 20.9 Å². The van der Waals surface area contributed by atoms with Gasteiger partial charge in [0, 0.05) is 27.5 Å². The van der Waals surface area contributed by atoms with Gasteiger partial charge >= 0.3 is 0 Å². The van der Waals surface area contributed by atoms with Crippen LogP contribution in [0.25, 0.3) is 21.0 Å². The minimum atomic E-state index is -0.0980. The first-order valence-electron chi connectivity index (χ1n) is 8.91. The molecule has 2 heterocycles. The lowest BCUT2D eigenvalue weighted by Crippen LogP contribution is -2.31. The van der Waals surface area contributed by atoms with Crippen LogP contribution >= 0.6 is 22.9 Å². The zero-order valence-corrected chi connectivity index (χ0v) is 16.8. The van der Waals surface area contributed by atoms with Gasteiger partial charge in [0.2, 0.25) is 0 Å². The maximum atomic E-state index is 12.3. The Morgan fingerprint density at radius 1 is 1.07 bits per heavy atom. The topological polar surface area (TPSA) is 49.0 Å². The third-order valence-corrected chi connectivity index (χ3v) is 6.39. The summed E-state index contributed by atoms with van der Waals surface area (Å²) in [5.41, 5.74) is 0.624. The Balaban J connectivity index is 1.65. The van der Waals surface area contributed by atoms with Crippen molar-refractivity contribution in [2.45, 2.75) is 33.0 Å². The minimum Gasteiger partial charge on any atom is -0.309 e. The van der Waals surface area contributed by atoms with Crippen molar-refractivity contribution >= 4 is 43.9 Å². The number of hydrogen-bond acceptors (Lipinski definition) is 4. The Morgan fingerprint density at radius 2 is 1.78 bits per heavy atom. The number of para-hydroxylation sites is 1. The third-order valence-electron chi connectivity index (χ3n) is 4.69. The van der Waals surface area contributed by atoms with Gasteiger partial charge in [-0.3, -0.25) is 9.69 Å². The van der Waals surface area contributed by atoms with Crippen molar-refractivity contribution in [3.8, 4) is 0 Å². The SMILES string of the molecule is CC(C)N(Cc1nc2ccccc2c(=O)[nH]1)Cc1sc2ccccc2c1Cl. The zero-order valence-electron chi connectivity index (χ0n) is 15.2. The molecule has 0 spiro atoms. The fraction of sp³-hybridized carbons (Fsp3) is 0.238. The van der Waals surface area contributed by atoms with E-state index >= 15 is 0 Å². The fourth-order valence-corrected chi connectivity index (χ4v) is 4.69. The van der Waals surface area contributed by atoms with E-state index in [2.05, 4.69) is 40.8 Å². The average Bonchev–Trinajstić information content (AvgIpc) is 2.97. The molecule has 6 heteroatoms. The van der Waals surface area contributed by atoms with E-state index < -0.39 is 0 Å². The van der Waals surface area contributed by atoms with Gasteiger partial charge in [-0.15, -0.1) is 11.3 Å². The van der Waals surface area contributed by atoms with Gasteiger partial charge in [0.15, 0.2) is 0 Å². The van der Waals surface area contributed by atoms with Gasteiger partial charge < -0.3 is 4.98 Å². The van der Waals surface area contributed by atoms with Crippen molar-refractivity contribution in [1.29, 1.82) is 0 Å². The molecule has 0 bridgehead atoms. The van der Waals surface area contributed by atoms with Crippen LogP contribution in [-0.2, 0) is 13.1 Å². The van der Waals surface area contributed by atoms with E-state index in [1.165, 1.54) is 4.70 Å². The summed E-state index contributed by atoms with van der Waals surface area (Å²) in [6.45, 7) is 5.55. The van der Waals surface area contributed by atoms with Crippen LogP contribution < -0.4 is 5.56 Å². The molecule has 0 radical (unpaired) electrons. The summed E-state index contributed by atoms with van der Waals surface area (Å²) < 4.78 is 1.19. The summed E-state index contributed by atoms with van der Waals surface area (Å²) in [4.78, 5) is 23.3. The predicted molar refractivity (Wildman–Crippen MR) is 114 cm³/mol. The molecule has 0 amide bonds. The molecule has 0 aliphatic rings. The van der Waals surface area contributed by atoms with Crippen molar-refractivity contribution in [2.75, 3.05) is 0 Å². The highest BCUT2D eigenvalue weighted by Crippen LogP contribution is 2.36. The molecule has 2 aromatic carbocycles. The van der Waals surface area contributed by atoms with Crippen LogP contribution in [0, 0.1) is 0 Å². The number of nitrogens with zero attached hydrogens (tertiary/aromatic N) is 2. The Morgan fingerprint density at radius 3 is 2.52 bits per heavy atom. The van der Waals surface area contributed by atoms with Crippen molar-refractivity contribution in [3.63, 3.8) is 0 Å². The lowest BCUT2D eigenvalue weighted by Gasteiger charge is -2.25. The normalized spacial score (nSPS) is 11.9. The van der Waals surface area contributed by atoms with Crippen molar-refractivity contribution in [1.82, 2.24) is 14.9 Å². The zero-order chi connectivity index (χ0) is 19.0. The molecule has 4 rings (SSSR count). The number of thiophene rings is 1. The number of halogens is 1. The van der Waals surface area contributed by atoms with Gasteiger partial charge in [0.1, 0.15) is 5.82 Å². The fourth-order valence-electron chi connectivity index (χ4n) is 3.17. The number of rotatable bonds is 5. The summed E-state index contributed by atoms with van der Waals surface area (Å²) >= 11 is 8.34. The second-order valence-electron chi connectivity index (χ2n) is 6.86. The standard InChI is InChI=1S/C21H20ClN3OS/c1-13(2)25(11-18-20(22)15-8-4-6-10-17(15)27-18)12-19-23-16-9-5-3-7-14(16)21(26)24-19/h3-10,13H,11-12H2,1-2H3,(H,23,24,26). The van der Waals surface area contributed by atoms with Crippen molar-refractivity contribution < 1.29 is 0 Å². The number of benzene rings is 2. The van der Waals surface area contributed by atoms with Crippen LogP contribution in [0.3, 0.4) is 0 Å². The third kappa shape index (κ3) is 3.63. The highest BCUT2D eigenvalue weighted by Gasteiger charge is 2.17. The van der Waals surface area contributed by atoms with Crippen LogP contribution in [0.2, 0.25) is 5.02 Å². The molecule has 2 aromatic heterocycles. The number of nitrogens with one attached hydrogen (secondary N) is 1. The predicted octanol–water partition coefficient (Wildman–Crippen LogP) is 5.20. The maximum Gasteiger partial charge on any atom is 0.258 e. The largest absolute Gasteiger partial charge is 0.309 e. The minimum absolute atomic E-state index is 0.0980. The lowest BCUT2D eigenvalue weighted by molar-refractivity contribution is 0.200. The number of aromatic amines is 1. The summed E-state index contributed by atoms with van der Waals surface area (Å²) in [5, 5.41) is 2.53. The molecule has 1 N–H and O–H groups in total. The Hall–Kier alpha value is -2.21. The number of fused-ring (bicyclic) bond motifs is 2. The van der Waals surface area contributed by atoms with Crippen LogP contribution in [0.5, 0.6) is 0 Å². The van der Waals surface area contributed by atoms with Gasteiger partial charge in [0.05, 0.1) is 22.5 Å². The molecule has 4 nitrogen and oxygen atoms in total. The van der Waals surface area contributed by atoms with Crippen LogP contribution in [0.15, 0.2) is 53.3 Å². The van der Waals surface area contributed by atoms with Gasteiger partial charge in [-0.05, 0) is 32.0 Å². The molecule has 0 fully saturated rings. The average molecular weight is 398 g/mol. The number of aromatic nitrogens is 2. The van der Waals surface area contributed by atoms with Crippen LogP contribution in [0.4, 0.5) is 0 Å². The molecule has 0 aliphatic heterocycles. The van der Waals surface area contributed by atoms with Crippen LogP contribution in [0.1, 0.15) is 24.5 Å². The first-order valence-corrected chi connectivity index (χ1v) is 10.1. The highest BCUT2D eigenvalue weighted by atomic mass is 35.5.